The molecule has 9 heteroatoms. The van der Waals surface area contributed by atoms with Crippen LogP contribution in [0.1, 0.15) is 57.6 Å². The van der Waals surface area contributed by atoms with Crippen molar-refractivity contribution in [1.82, 2.24) is 10.2 Å². The Kier molecular flexibility index (Phi) is 10.2. The summed E-state index contributed by atoms with van der Waals surface area (Å²) in [6.45, 7) is 7.22. The van der Waals surface area contributed by atoms with Gasteiger partial charge < -0.3 is 10.2 Å². The molecule has 1 N–H and O–H groups in total. The molecular formula is C26H36FN3O4S. The second-order valence-electron chi connectivity index (χ2n) is 8.92. The standard InChI is InChI=1S/C26H36FN3O4S/c1-6-7-16-28-26(32)20(4)29(17-21-12-8-10-14-23(21)27)25(31)18-30(35(5,33)34)24-15-11-9-13-22(24)19(2)3/h8-15,19-20H,6-7,16-18H2,1-5H3,(H,28,32)/t20-/m0/s1. The lowest BCUT2D eigenvalue weighted by Crippen LogP contribution is -2.51. The van der Waals surface area contributed by atoms with E-state index in [0.717, 1.165) is 29.0 Å². The summed E-state index contributed by atoms with van der Waals surface area (Å²) in [6.07, 6.45) is 2.72. The average molecular weight is 506 g/mol. The number of carbonyl (C=O) groups is 2. The second-order valence-corrected chi connectivity index (χ2v) is 10.8. The molecule has 35 heavy (non-hydrogen) atoms. The minimum Gasteiger partial charge on any atom is -0.354 e. The molecule has 0 radical (unpaired) electrons. The van der Waals surface area contributed by atoms with Crippen molar-refractivity contribution < 1.29 is 22.4 Å². The molecule has 0 aliphatic rings. The molecule has 0 aromatic heterocycles. The molecule has 0 aliphatic heterocycles. The molecule has 0 saturated heterocycles. The van der Waals surface area contributed by atoms with E-state index in [4.69, 9.17) is 0 Å². The largest absolute Gasteiger partial charge is 0.354 e. The first kappa shape index (κ1) is 28.3. The number of nitrogens with zero attached hydrogens (tertiary/aromatic N) is 2. The van der Waals surface area contributed by atoms with Crippen molar-refractivity contribution in [2.24, 2.45) is 0 Å². The van der Waals surface area contributed by atoms with Crippen molar-refractivity contribution in [3.05, 3.63) is 65.5 Å². The summed E-state index contributed by atoms with van der Waals surface area (Å²) >= 11 is 0. The van der Waals surface area contributed by atoms with Gasteiger partial charge in [0.05, 0.1) is 11.9 Å². The van der Waals surface area contributed by atoms with Crippen LogP contribution in [-0.4, -0.2) is 50.5 Å². The van der Waals surface area contributed by atoms with Gasteiger partial charge in [-0.15, -0.1) is 0 Å². The SMILES string of the molecule is CCCCNC(=O)[C@H](C)N(Cc1ccccc1F)C(=O)CN(c1ccccc1C(C)C)S(C)(=O)=O. The van der Waals surface area contributed by atoms with E-state index in [1.807, 2.05) is 32.9 Å². The summed E-state index contributed by atoms with van der Waals surface area (Å²) in [6, 6.07) is 12.1. The summed E-state index contributed by atoms with van der Waals surface area (Å²) in [7, 11) is -3.84. The average Bonchev–Trinajstić information content (AvgIpc) is 2.80. The fourth-order valence-electron chi connectivity index (χ4n) is 3.73. The van der Waals surface area contributed by atoms with Gasteiger partial charge in [-0.05, 0) is 37.0 Å². The van der Waals surface area contributed by atoms with Gasteiger partial charge in [0.2, 0.25) is 21.8 Å². The summed E-state index contributed by atoms with van der Waals surface area (Å²) < 4.78 is 41.0. The van der Waals surface area contributed by atoms with Gasteiger partial charge in [-0.3, -0.25) is 13.9 Å². The van der Waals surface area contributed by atoms with Gasteiger partial charge in [0, 0.05) is 18.7 Å². The van der Waals surface area contributed by atoms with Crippen molar-refractivity contribution in [2.75, 3.05) is 23.7 Å². The molecule has 0 heterocycles. The fraction of sp³-hybridized carbons (Fsp3) is 0.462. The smallest absolute Gasteiger partial charge is 0.244 e. The molecule has 2 rings (SSSR count). The molecule has 1 atom stereocenters. The summed E-state index contributed by atoms with van der Waals surface area (Å²) in [5, 5.41) is 2.80. The number of carbonyl (C=O) groups excluding carboxylic acids is 2. The van der Waals surface area contributed by atoms with Crippen molar-refractivity contribution in [1.29, 1.82) is 0 Å². The van der Waals surface area contributed by atoms with E-state index in [1.165, 1.54) is 11.0 Å². The van der Waals surface area contributed by atoms with E-state index in [2.05, 4.69) is 5.32 Å². The van der Waals surface area contributed by atoms with Crippen LogP contribution in [-0.2, 0) is 26.2 Å². The highest BCUT2D eigenvalue weighted by molar-refractivity contribution is 7.92. The molecule has 192 valence electrons. The zero-order valence-corrected chi connectivity index (χ0v) is 21.9. The van der Waals surface area contributed by atoms with Crippen LogP contribution in [0.2, 0.25) is 0 Å². The molecule has 0 spiro atoms. The number of nitrogens with one attached hydrogen (secondary N) is 1. The number of hydrogen-bond donors (Lipinski definition) is 1. The summed E-state index contributed by atoms with van der Waals surface area (Å²) in [5.74, 6) is -1.47. The Balaban J connectivity index is 2.43. The fourth-order valence-corrected chi connectivity index (χ4v) is 4.59. The number of rotatable bonds is 12. The molecule has 2 amide bonds. The lowest BCUT2D eigenvalue weighted by molar-refractivity contribution is -0.139. The van der Waals surface area contributed by atoms with E-state index in [-0.39, 0.29) is 23.9 Å². The van der Waals surface area contributed by atoms with Gasteiger partial charge in [-0.2, -0.15) is 0 Å². The maximum atomic E-state index is 14.4. The third-order valence-electron chi connectivity index (χ3n) is 5.80. The molecule has 2 aromatic rings. The van der Waals surface area contributed by atoms with Crippen LogP contribution in [0.25, 0.3) is 0 Å². The lowest BCUT2D eigenvalue weighted by Gasteiger charge is -2.32. The van der Waals surface area contributed by atoms with Crippen LogP contribution >= 0.6 is 0 Å². The number of para-hydroxylation sites is 1. The van der Waals surface area contributed by atoms with Gasteiger partial charge in [-0.25, -0.2) is 12.8 Å². The quantitative estimate of drug-likeness (QED) is 0.441. The normalized spacial score (nSPS) is 12.3. The summed E-state index contributed by atoms with van der Waals surface area (Å²) in [4.78, 5) is 27.6. The molecule has 0 bridgehead atoms. The minimum atomic E-state index is -3.84. The Labute approximate surface area is 208 Å². The van der Waals surface area contributed by atoms with Gasteiger partial charge in [-0.1, -0.05) is 63.6 Å². The molecule has 0 aliphatic carbocycles. The zero-order valence-electron chi connectivity index (χ0n) is 21.1. The van der Waals surface area contributed by atoms with Gasteiger partial charge in [0.25, 0.3) is 0 Å². The highest BCUT2D eigenvalue weighted by Crippen LogP contribution is 2.29. The number of unbranched alkanes of at least 4 members (excludes halogenated alkanes) is 1. The first-order valence-electron chi connectivity index (χ1n) is 11.8. The van der Waals surface area contributed by atoms with Gasteiger partial charge in [0.15, 0.2) is 0 Å². The Morgan fingerprint density at radius 2 is 1.66 bits per heavy atom. The number of anilines is 1. The Morgan fingerprint density at radius 1 is 1.03 bits per heavy atom. The van der Waals surface area contributed by atoms with Crippen molar-refractivity contribution in [2.45, 2.75) is 59.0 Å². The monoisotopic (exact) mass is 505 g/mol. The zero-order chi connectivity index (χ0) is 26.2. The maximum Gasteiger partial charge on any atom is 0.244 e. The van der Waals surface area contributed by atoms with Crippen LogP contribution in [0.4, 0.5) is 10.1 Å². The molecule has 0 fully saturated rings. The van der Waals surface area contributed by atoms with Crippen LogP contribution in [0.5, 0.6) is 0 Å². The molecule has 7 nitrogen and oxygen atoms in total. The van der Waals surface area contributed by atoms with Crippen LogP contribution < -0.4 is 9.62 Å². The van der Waals surface area contributed by atoms with Crippen LogP contribution in [0.3, 0.4) is 0 Å². The number of hydrogen-bond acceptors (Lipinski definition) is 4. The summed E-state index contributed by atoms with van der Waals surface area (Å²) in [5.41, 5.74) is 1.42. The third kappa shape index (κ3) is 7.78. The highest BCUT2D eigenvalue weighted by Gasteiger charge is 2.31. The number of benzene rings is 2. The van der Waals surface area contributed by atoms with Crippen molar-refractivity contribution in [3.8, 4) is 0 Å². The second kappa shape index (κ2) is 12.7. The highest BCUT2D eigenvalue weighted by atomic mass is 32.2. The minimum absolute atomic E-state index is 0.0170. The maximum absolute atomic E-state index is 14.4. The third-order valence-corrected chi connectivity index (χ3v) is 6.93. The van der Waals surface area contributed by atoms with E-state index < -0.39 is 34.3 Å². The Hall–Kier alpha value is -2.94. The lowest BCUT2D eigenvalue weighted by atomic mass is 10.0. The van der Waals surface area contributed by atoms with E-state index in [0.29, 0.717) is 12.2 Å². The predicted molar refractivity (Wildman–Crippen MR) is 137 cm³/mol. The first-order chi connectivity index (χ1) is 16.5. The van der Waals surface area contributed by atoms with Crippen LogP contribution in [0.15, 0.2) is 48.5 Å². The number of halogens is 1. The molecule has 2 aromatic carbocycles. The molecule has 0 unspecified atom stereocenters. The Bertz CT molecular complexity index is 1120. The van der Waals surface area contributed by atoms with E-state index in [9.17, 15) is 22.4 Å². The van der Waals surface area contributed by atoms with E-state index >= 15 is 0 Å². The van der Waals surface area contributed by atoms with E-state index in [1.54, 1.807) is 37.3 Å². The Morgan fingerprint density at radius 3 is 2.26 bits per heavy atom. The molecular weight excluding hydrogens is 469 g/mol. The molecule has 0 saturated carbocycles. The number of sulfonamides is 1. The van der Waals surface area contributed by atoms with Crippen LogP contribution in [0, 0.1) is 5.82 Å². The van der Waals surface area contributed by atoms with Crippen molar-refractivity contribution >= 4 is 27.5 Å². The number of amides is 2. The first-order valence-corrected chi connectivity index (χ1v) is 13.7. The van der Waals surface area contributed by atoms with Crippen molar-refractivity contribution in [3.63, 3.8) is 0 Å². The van der Waals surface area contributed by atoms with Gasteiger partial charge in [0.1, 0.15) is 18.4 Å². The van der Waals surface area contributed by atoms with Gasteiger partial charge >= 0.3 is 0 Å². The predicted octanol–water partition coefficient (Wildman–Crippen LogP) is 4.05. The topological polar surface area (TPSA) is 86.8 Å².